The third kappa shape index (κ3) is 5.31. The highest BCUT2D eigenvalue weighted by Crippen LogP contribution is 2.27. The summed E-state index contributed by atoms with van der Waals surface area (Å²) in [4.78, 5) is 0. The molecule has 1 saturated carbocycles. The minimum atomic E-state index is -4.30. The lowest BCUT2D eigenvalue weighted by atomic mass is 10.00. The van der Waals surface area contributed by atoms with Gasteiger partial charge in [0.1, 0.15) is 6.61 Å². The second-order valence-electron chi connectivity index (χ2n) is 5.03. The van der Waals surface area contributed by atoms with Crippen molar-refractivity contribution in [2.24, 2.45) is 0 Å². The van der Waals surface area contributed by atoms with Gasteiger partial charge in [0, 0.05) is 23.5 Å². The van der Waals surface area contributed by atoms with E-state index in [9.17, 15) is 13.2 Å². The van der Waals surface area contributed by atoms with E-state index in [-0.39, 0.29) is 12.5 Å². The average Bonchev–Trinajstić information content (AvgIpc) is 3.17. The number of ether oxygens (including phenoxy) is 1. The molecule has 0 heterocycles. The molecule has 2 nitrogen and oxygen atoms in total. The molecule has 1 aromatic rings. The van der Waals surface area contributed by atoms with E-state index in [1.807, 2.05) is 12.1 Å². The molecule has 0 saturated heterocycles. The van der Waals surface area contributed by atoms with Crippen LogP contribution in [0.3, 0.4) is 0 Å². The van der Waals surface area contributed by atoms with Crippen LogP contribution < -0.4 is 5.32 Å². The Morgan fingerprint density at radius 2 is 2.00 bits per heavy atom. The van der Waals surface area contributed by atoms with Gasteiger partial charge in [-0.05, 0) is 24.5 Å². The number of halogens is 4. The van der Waals surface area contributed by atoms with Gasteiger partial charge in [0.2, 0.25) is 0 Å². The summed E-state index contributed by atoms with van der Waals surface area (Å²) in [6, 6.07) is 7.69. The van der Waals surface area contributed by atoms with E-state index in [2.05, 4.69) is 5.32 Å². The molecule has 2 rings (SSSR count). The number of nitrogens with one attached hydrogen (secondary N) is 1. The van der Waals surface area contributed by atoms with Gasteiger partial charge >= 0.3 is 6.18 Å². The van der Waals surface area contributed by atoms with E-state index >= 15 is 0 Å². The fourth-order valence-electron chi connectivity index (χ4n) is 1.98. The van der Waals surface area contributed by atoms with Crippen molar-refractivity contribution in [3.8, 4) is 0 Å². The molecule has 6 heteroatoms. The summed E-state index contributed by atoms with van der Waals surface area (Å²) < 4.78 is 41.2. The number of benzene rings is 1. The van der Waals surface area contributed by atoms with Gasteiger partial charge in [-0.1, -0.05) is 29.8 Å². The Bertz CT molecular complexity index is 435. The van der Waals surface area contributed by atoms with Crippen LogP contribution in [0.15, 0.2) is 24.3 Å². The van der Waals surface area contributed by atoms with Crippen LogP contribution in [0.1, 0.15) is 24.3 Å². The van der Waals surface area contributed by atoms with Gasteiger partial charge in [-0.25, -0.2) is 0 Å². The summed E-state index contributed by atoms with van der Waals surface area (Å²) in [5.41, 5.74) is 0.824. The number of rotatable bonds is 7. The topological polar surface area (TPSA) is 21.3 Å². The Kier molecular flexibility index (Phi) is 5.29. The lowest BCUT2D eigenvalue weighted by Gasteiger charge is -2.20. The summed E-state index contributed by atoms with van der Waals surface area (Å²) >= 11 is 6.11. The Balaban J connectivity index is 1.94. The molecule has 1 aromatic carbocycles. The molecule has 112 valence electrons. The van der Waals surface area contributed by atoms with Crippen molar-refractivity contribution in [2.75, 3.05) is 19.8 Å². The average molecular weight is 308 g/mol. The first-order chi connectivity index (χ1) is 9.46. The van der Waals surface area contributed by atoms with E-state index in [0.29, 0.717) is 17.6 Å². The first-order valence-corrected chi connectivity index (χ1v) is 6.96. The summed E-state index contributed by atoms with van der Waals surface area (Å²) in [7, 11) is 0. The first kappa shape index (κ1) is 15.6. The van der Waals surface area contributed by atoms with Crippen molar-refractivity contribution in [3.05, 3.63) is 34.9 Å². The second-order valence-corrected chi connectivity index (χ2v) is 5.44. The fourth-order valence-corrected chi connectivity index (χ4v) is 2.27. The Hall–Kier alpha value is -0.780. The van der Waals surface area contributed by atoms with Gasteiger partial charge in [0.25, 0.3) is 0 Å². The molecule has 1 fully saturated rings. The standard InChI is InChI=1S/C14H17ClF3NO/c15-13-4-2-1-3-12(13)10(7-19-11-5-6-11)8-20-9-14(16,17)18/h1-4,10-11,19H,5-9H2. The summed E-state index contributed by atoms with van der Waals surface area (Å²) in [6.45, 7) is -0.646. The smallest absolute Gasteiger partial charge is 0.371 e. The van der Waals surface area contributed by atoms with Gasteiger partial charge in [0.15, 0.2) is 0 Å². The zero-order valence-electron chi connectivity index (χ0n) is 10.9. The van der Waals surface area contributed by atoms with E-state index in [1.54, 1.807) is 12.1 Å². The zero-order valence-corrected chi connectivity index (χ0v) is 11.7. The summed E-state index contributed by atoms with van der Waals surface area (Å²) in [5, 5.41) is 3.87. The molecule has 0 amide bonds. The molecule has 0 bridgehead atoms. The van der Waals surface area contributed by atoms with Gasteiger partial charge in [-0.15, -0.1) is 0 Å². The quantitative estimate of drug-likeness (QED) is 0.828. The van der Waals surface area contributed by atoms with Crippen LogP contribution in [0.25, 0.3) is 0 Å². The summed E-state index contributed by atoms with van der Waals surface area (Å²) in [5.74, 6) is -0.174. The largest absolute Gasteiger partial charge is 0.411 e. The van der Waals surface area contributed by atoms with Gasteiger partial charge < -0.3 is 10.1 Å². The van der Waals surface area contributed by atoms with Crippen molar-refractivity contribution in [3.63, 3.8) is 0 Å². The molecule has 1 unspecified atom stereocenters. The van der Waals surface area contributed by atoms with E-state index < -0.39 is 12.8 Å². The third-order valence-electron chi connectivity index (χ3n) is 3.16. The van der Waals surface area contributed by atoms with E-state index in [0.717, 1.165) is 18.4 Å². The molecule has 1 atom stereocenters. The predicted octanol–water partition coefficient (Wildman–Crippen LogP) is 3.75. The maximum atomic E-state index is 12.1. The number of alkyl halides is 3. The van der Waals surface area contributed by atoms with Gasteiger partial charge in [-0.3, -0.25) is 0 Å². The van der Waals surface area contributed by atoms with Crippen molar-refractivity contribution in [1.82, 2.24) is 5.32 Å². The van der Waals surface area contributed by atoms with Crippen LogP contribution in [-0.2, 0) is 4.74 Å². The molecule has 0 spiro atoms. The first-order valence-electron chi connectivity index (χ1n) is 6.58. The molecule has 0 radical (unpaired) electrons. The molecule has 1 N–H and O–H groups in total. The fraction of sp³-hybridized carbons (Fsp3) is 0.571. The summed E-state index contributed by atoms with van der Waals surface area (Å²) in [6.07, 6.45) is -2.05. The highest BCUT2D eigenvalue weighted by atomic mass is 35.5. The van der Waals surface area contributed by atoms with Crippen molar-refractivity contribution in [2.45, 2.75) is 31.0 Å². The highest BCUT2D eigenvalue weighted by molar-refractivity contribution is 6.31. The van der Waals surface area contributed by atoms with Gasteiger partial charge in [-0.2, -0.15) is 13.2 Å². The molecule has 0 aliphatic heterocycles. The highest BCUT2D eigenvalue weighted by Gasteiger charge is 2.29. The molecule has 1 aliphatic carbocycles. The predicted molar refractivity (Wildman–Crippen MR) is 72.1 cm³/mol. The molecular weight excluding hydrogens is 291 g/mol. The van der Waals surface area contributed by atoms with Crippen molar-refractivity contribution >= 4 is 11.6 Å². The minimum Gasteiger partial charge on any atom is -0.371 e. The third-order valence-corrected chi connectivity index (χ3v) is 3.50. The lowest BCUT2D eigenvalue weighted by Crippen LogP contribution is -2.28. The second kappa shape index (κ2) is 6.78. The van der Waals surface area contributed by atoms with Crippen LogP contribution in [0.5, 0.6) is 0 Å². The van der Waals surface area contributed by atoms with Crippen LogP contribution in [0.2, 0.25) is 5.02 Å². The van der Waals surface area contributed by atoms with Crippen LogP contribution in [-0.4, -0.2) is 32.0 Å². The molecule has 1 aliphatic rings. The zero-order chi connectivity index (χ0) is 14.6. The maximum absolute atomic E-state index is 12.1. The minimum absolute atomic E-state index is 0.00294. The van der Waals surface area contributed by atoms with Crippen LogP contribution in [0.4, 0.5) is 13.2 Å². The molecule has 0 aromatic heterocycles. The monoisotopic (exact) mass is 307 g/mol. The van der Waals surface area contributed by atoms with E-state index in [4.69, 9.17) is 16.3 Å². The normalized spacial score (nSPS) is 17.2. The van der Waals surface area contributed by atoms with Crippen LogP contribution >= 0.6 is 11.6 Å². The Morgan fingerprint density at radius 1 is 1.30 bits per heavy atom. The van der Waals surface area contributed by atoms with Crippen LogP contribution in [0, 0.1) is 0 Å². The maximum Gasteiger partial charge on any atom is 0.411 e. The molecular formula is C14H17ClF3NO. The lowest BCUT2D eigenvalue weighted by molar-refractivity contribution is -0.174. The number of hydrogen-bond acceptors (Lipinski definition) is 2. The Morgan fingerprint density at radius 3 is 2.60 bits per heavy atom. The van der Waals surface area contributed by atoms with Crippen molar-refractivity contribution in [1.29, 1.82) is 0 Å². The van der Waals surface area contributed by atoms with E-state index in [1.165, 1.54) is 0 Å². The SMILES string of the molecule is FC(F)(F)COCC(CNC1CC1)c1ccccc1Cl. The Labute approximate surface area is 121 Å². The molecule has 20 heavy (non-hydrogen) atoms. The van der Waals surface area contributed by atoms with Crippen molar-refractivity contribution < 1.29 is 17.9 Å². The van der Waals surface area contributed by atoms with Gasteiger partial charge in [0.05, 0.1) is 6.61 Å². The number of hydrogen-bond donors (Lipinski definition) is 1.